The normalized spacial score (nSPS) is 14.3. The molecule has 0 aliphatic carbocycles. The lowest BCUT2D eigenvalue weighted by Gasteiger charge is -2.19. The number of sulfone groups is 1. The summed E-state index contributed by atoms with van der Waals surface area (Å²) < 4.78 is 67.0. The van der Waals surface area contributed by atoms with Crippen molar-refractivity contribution in [2.75, 3.05) is 23.5 Å². The topological polar surface area (TPSA) is 101 Å². The van der Waals surface area contributed by atoms with E-state index in [0.717, 1.165) is 22.1 Å². The van der Waals surface area contributed by atoms with Gasteiger partial charge in [-0.25, -0.2) is 21.2 Å². The third-order valence-corrected chi connectivity index (χ3v) is 9.02. The molecule has 3 aromatic rings. The Morgan fingerprint density at radius 3 is 2.49 bits per heavy atom. The van der Waals surface area contributed by atoms with Crippen LogP contribution in [-0.4, -0.2) is 41.3 Å². The number of aryl methyl sites for hydroxylation is 1. The summed E-state index contributed by atoms with van der Waals surface area (Å²) in [7, 11) is -7.36. The van der Waals surface area contributed by atoms with E-state index in [-0.39, 0.29) is 35.0 Å². The Morgan fingerprint density at radius 2 is 1.83 bits per heavy atom. The molecule has 0 unspecified atom stereocenters. The zero-order valence-electron chi connectivity index (χ0n) is 18.4. The van der Waals surface area contributed by atoms with E-state index in [9.17, 15) is 21.6 Å². The Hall–Kier alpha value is -2.73. The first-order valence-electron chi connectivity index (χ1n) is 10.3. The first kappa shape index (κ1) is 25.4. The molecule has 0 fully saturated rings. The fourth-order valence-electron chi connectivity index (χ4n) is 3.65. The molecule has 0 bridgehead atoms. The van der Waals surface area contributed by atoms with Crippen molar-refractivity contribution >= 4 is 54.4 Å². The van der Waals surface area contributed by atoms with Crippen LogP contribution >= 0.6 is 22.9 Å². The Labute approximate surface area is 211 Å². The highest BCUT2D eigenvalue weighted by atomic mass is 35.5. The maximum absolute atomic E-state index is 15.0. The van der Waals surface area contributed by atoms with Crippen LogP contribution in [0.1, 0.15) is 4.88 Å². The molecule has 0 atom stereocenters. The molecule has 2 aromatic carbocycles. The molecule has 1 aliphatic rings. The largest absolute Gasteiger partial charge is 0.300 e. The van der Waals surface area contributed by atoms with Crippen molar-refractivity contribution in [2.24, 2.45) is 0 Å². The van der Waals surface area contributed by atoms with E-state index < -0.39 is 31.6 Å². The minimum atomic E-state index is -3.82. The van der Waals surface area contributed by atoms with Crippen molar-refractivity contribution in [1.82, 2.24) is 4.72 Å². The number of hydrogen-bond acceptors (Lipinski definition) is 6. The van der Waals surface area contributed by atoms with E-state index in [2.05, 4.69) is 4.72 Å². The molecule has 0 radical (unpaired) electrons. The van der Waals surface area contributed by atoms with Gasteiger partial charge in [0, 0.05) is 23.2 Å². The number of sulfonamides is 1. The number of nitrogens with zero attached hydrogens (tertiary/aromatic N) is 1. The van der Waals surface area contributed by atoms with E-state index in [0.29, 0.717) is 15.5 Å². The number of benzene rings is 2. The van der Waals surface area contributed by atoms with Crippen LogP contribution in [-0.2, 0) is 31.1 Å². The fraction of sp³-hybridized carbons (Fsp3) is 0.174. The predicted molar refractivity (Wildman–Crippen MR) is 135 cm³/mol. The Morgan fingerprint density at radius 1 is 1.09 bits per heavy atom. The Balaban J connectivity index is 1.49. The standard InChI is InChI=1S/C23H20ClFN2O5S3/c1-34(29,30)21-5-3-2-4-17(21)15-6-8-20(18(25)14-15)27-12-10-19(23(27)28)26-35(31,32)13-11-16-7-9-22(24)33-16/h2-10,14,26H,11-13H2,1H3. The van der Waals surface area contributed by atoms with Crippen molar-refractivity contribution in [1.29, 1.82) is 0 Å². The zero-order chi connectivity index (χ0) is 25.4. The molecule has 1 N–H and O–H groups in total. The van der Waals surface area contributed by atoms with E-state index in [4.69, 9.17) is 11.6 Å². The number of thiophene rings is 1. The van der Waals surface area contributed by atoms with Gasteiger partial charge in [0.05, 0.1) is 20.7 Å². The SMILES string of the molecule is CS(=O)(=O)c1ccccc1-c1ccc(N2CC=C(NS(=O)(=O)CCc3ccc(Cl)s3)C2=O)c(F)c1. The maximum atomic E-state index is 15.0. The van der Waals surface area contributed by atoms with Gasteiger partial charge >= 0.3 is 0 Å². The van der Waals surface area contributed by atoms with Crippen molar-refractivity contribution < 1.29 is 26.0 Å². The van der Waals surface area contributed by atoms with Crippen LogP contribution in [0.5, 0.6) is 0 Å². The average Bonchev–Trinajstić information content (AvgIpc) is 3.37. The van der Waals surface area contributed by atoms with Crippen LogP contribution in [0.2, 0.25) is 4.34 Å². The molecule has 1 amide bonds. The summed E-state index contributed by atoms with van der Waals surface area (Å²) in [4.78, 5) is 14.8. The van der Waals surface area contributed by atoms with Gasteiger partial charge in [0.15, 0.2) is 9.84 Å². The summed E-state index contributed by atoms with van der Waals surface area (Å²) in [5, 5.41) is 0. The van der Waals surface area contributed by atoms with Gasteiger partial charge in [-0.05, 0) is 48.4 Å². The molecule has 1 aromatic heterocycles. The number of nitrogens with one attached hydrogen (secondary N) is 1. The first-order chi connectivity index (χ1) is 16.4. The highest BCUT2D eigenvalue weighted by Gasteiger charge is 2.30. The summed E-state index contributed by atoms with van der Waals surface area (Å²) in [5.41, 5.74) is 0.475. The van der Waals surface area contributed by atoms with Crippen LogP contribution in [0, 0.1) is 5.82 Å². The van der Waals surface area contributed by atoms with Crippen molar-refractivity contribution in [2.45, 2.75) is 11.3 Å². The smallest absolute Gasteiger partial charge is 0.275 e. The van der Waals surface area contributed by atoms with Crippen molar-refractivity contribution in [3.8, 4) is 11.1 Å². The lowest BCUT2D eigenvalue weighted by molar-refractivity contribution is -0.114. The first-order valence-corrected chi connectivity index (χ1v) is 15.0. The van der Waals surface area contributed by atoms with E-state index in [1.165, 1.54) is 35.6 Å². The third-order valence-electron chi connectivity index (χ3n) is 5.30. The molecule has 7 nitrogen and oxygen atoms in total. The van der Waals surface area contributed by atoms with Crippen molar-refractivity contribution in [3.63, 3.8) is 0 Å². The summed E-state index contributed by atoms with van der Waals surface area (Å²) in [6, 6.07) is 13.7. The van der Waals surface area contributed by atoms with E-state index in [1.807, 2.05) is 0 Å². The minimum Gasteiger partial charge on any atom is -0.300 e. The number of halogens is 2. The van der Waals surface area contributed by atoms with Crippen LogP contribution in [0.4, 0.5) is 10.1 Å². The summed E-state index contributed by atoms with van der Waals surface area (Å²) in [6.07, 6.45) is 2.69. The molecule has 0 spiro atoms. The molecule has 1 aliphatic heterocycles. The van der Waals surface area contributed by atoms with Gasteiger partial charge in [-0.1, -0.05) is 35.9 Å². The number of carbonyl (C=O) groups is 1. The van der Waals surface area contributed by atoms with E-state index in [1.54, 1.807) is 30.3 Å². The van der Waals surface area contributed by atoms with Gasteiger partial charge in [0.2, 0.25) is 10.0 Å². The van der Waals surface area contributed by atoms with Gasteiger partial charge in [-0.2, -0.15) is 0 Å². The van der Waals surface area contributed by atoms with Crippen molar-refractivity contribution in [3.05, 3.63) is 81.4 Å². The van der Waals surface area contributed by atoms with Crippen LogP contribution in [0.3, 0.4) is 0 Å². The van der Waals surface area contributed by atoms with Gasteiger partial charge in [0.1, 0.15) is 11.5 Å². The predicted octanol–water partition coefficient (Wildman–Crippen LogP) is 4.00. The second-order valence-electron chi connectivity index (χ2n) is 7.84. The van der Waals surface area contributed by atoms with Crippen LogP contribution in [0.15, 0.2) is 71.3 Å². The Bertz CT molecular complexity index is 1550. The monoisotopic (exact) mass is 554 g/mol. The number of amides is 1. The number of rotatable bonds is 8. The minimum absolute atomic E-state index is 0.0204. The van der Waals surface area contributed by atoms with Gasteiger partial charge in [-0.3, -0.25) is 9.52 Å². The molecule has 35 heavy (non-hydrogen) atoms. The molecule has 0 saturated heterocycles. The quantitative estimate of drug-likeness (QED) is 0.453. The van der Waals surface area contributed by atoms with Gasteiger partial charge in [0.25, 0.3) is 5.91 Å². The fourth-order valence-corrected chi connectivity index (χ4v) is 6.88. The van der Waals surface area contributed by atoms with Gasteiger partial charge in [-0.15, -0.1) is 11.3 Å². The Kier molecular flexibility index (Phi) is 7.05. The summed E-state index contributed by atoms with van der Waals surface area (Å²) in [6.45, 7) is -0.0204. The lowest BCUT2D eigenvalue weighted by Crippen LogP contribution is -2.34. The van der Waals surface area contributed by atoms with Crippen LogP contribution < -0.4 is 9.62 Å². The highest BCUT2D eigenvalue weighted by molar-refractivity contribution is 7.91. The third kappa shape index (κ3) is 5.75. The molecule has 4 rings (SSSR count). The second-order valence-corrected chi connectivity index (χ2v) is 13.5. The number of hydrogen-bond donors (Lipinski definition) is 1. The molecule has 2 heterocycles. The van der Waals surface area contributed by atoms with E-state index >= 15 is 4.39 Å². The zero-order valence-corrected chi connectivity index (χ0v) is 21.6. The molecular weight excluding hydrogens is 535 g/mol. The maximum Gasteiger partial charge on any atom is 0.275 e. The summed E-state index contributed by atoms with van der Waals surface area (Å²) in [5.74, 6) is -1.67. The molecule has 184 valence electrons. The molecule has 0 saturated carbocycles. The lowest BCUT2D eigenvalue weighted by atomic mass is 10.0. The second kappa shape index (κ2) is 9.73. The van der Waals surface area contributed by atoms with Gasteiger partial charge < -0.3 is 4.90 Å². The molecular formula is C23H20ClFN2O5S3. The summed E-state index contributed by atoms with van der Waals surface area (Å²) >= 11 is 7.14. The number of carbonyl (C=O) groups excluding carboxylic acids is 1. The molecule has 12 heteroatoms. The number of anilines is 1. The highest BCUT2D eigenvalue weighted by Crippen LogP contribution is 2.32. The van der Waals surface area contributed by atoms with Crippen LogP contribution in [0.25, 0.3) is 11.1 Å². The average molecular weight is 555 g/mol.